The van der Waals surface area contributed by atoms with Gasteiger partial charge in [0.15, 0.2) is 0 Å². The van der Waals surface area contributed by atoms with E-state index >= 15 is 0 Å². The first kappa shape index (κ1) is 8.23. The number of rotatable bonds is 3. The molecule has 1 aliphatic rings. The van der Waals surface area contributed by atoms with E-state index in [9.17, 15) is 10.1 Å². The van der Waals surface area contributed by atoms with Gasteiger partial charge in [0, 0.05) is 12.1 Å². The van der Waals surface area contributed by atoms with Crippen molar-refractivity contribution in [3.05, 3.63) is 39.9 Å². The predicted octanol–water partition coefficient (Wildman–Crippen LogP) is 2.55. The summed E-state index contributed by atoms with van der Waals surface area (Å²) in [6, 6.07) is 6.88. The van der Waals surface area contributed by atoms with Crippen LogP contribution in [0.2, 0.25) is 0 Å². The van der Waals surface area contributed by atoms with Crippen molar-refractivity contribution >= 4 is 5.69 Å². The van der Waals surface area contributed by atoms with Crippen LogP contribution >= 0.6 is 0 Å². The third-order valence-electron chi connectivity index (χ3n) is 2.37. The van der Waals surface area contributed by atoms with Gasteiger partial charge in [0.25, 0.3) is 5.69 Å². The highest BCUT2D eigenvalue weighted by molar-refractivity contribution is 5.33. The molecule has 1 aromatic rings. The van der Waals surface area contributed by atoms with Crippen LogP contribution in [-0.4, -0.2) is 4.92 Å². The van der Waals surface area contributed by atoms with Crippen molar-refractivity contribution in [1.82, 2.24) is 0 Å². The fourth-order valence-electron chi connectivity index (χ4n) is 1.41. The van der Waals surface area contributed by atoms with Crippen LogP contribution in [0.1, 0.15) is 18.4 Å². The number of benzene rings is 1. The van der Waals surface area contributed by atoms with Gasteiger partial charge in [-0.25, -0.2) is 0 Å². The summed E-state index contributed by atoms with van der Waals surface area (Å²) < 4.78 is 0. The van der Waals surface area contributed by atoms with E-state index in [1.807, 2.05) is 12.1 Å². The normalized spacial score (nSPS) is 15.7. The van der Waals surface area contributed by atoms with Crippen LogP contribution < -0.4 is 0 Å². The number of nitro groups is 1. The summed E-state index contributed by atoms with van der Waals surface area (Å²) >= 11 is 0. The monoisotopic (exact) mass is 177 g/mol. The van der Waals surface area contributed by atoms with E-state index in [0.717, 1.165) is 12.3 Å². The average molecular weight is 177 g/mol. The standard InChI is InChI=1S/C10H11NO2/c12-11(13)10-5-3-9(4-6-10)7-8-1-2-8/h3-6,8H,1-2,7H2. The summed E-state index contributed by atoms with van der Waals surface area (Å²) in [6.07, 6.45) is 3.71. The number of nitro benzene ring substituents is 1. The van der Waals surface area contributed by atoms with Crippen LogP contribution in [0.25, 0.3) is 0 Å². The molecular formula is C10H11NO2. The van der Waals surface area contributed by atoms with Crippen LogP contribution in [0.3, 0.4) is 0 Å². The maximum Gasteiger partial charge on any atom is 0.269 e. The van der Waals surface area contributed by atoms with E-state index in [1.165, 1.54) is 18.4 Å². The molecule has 1 saturated carbocycles. The first-order valence-electron chi connectivity index (χ1n) is 4.49. The first-order valence-corrected chi connectivity index (χ1v) is 4.49. The molecule has 0 radical (unpaired) electrons. The summed E-state index contributed by atoms with van der Waals surface area (Å²) in [6.45, 7) is 0. The SMILES string of the molecule is O=[N+]([O-])c1ccc(CC2CC2)cc1. The molecular weight excluding hydrogens is 166 g/mol. The molecule has 2 rings (SSSR count). The van der Waals surface area contributed by atoms with E-state index < -0.39 is 0 Å². The molecule has 68 valence electrons. The lowest BCUT2D eigenvalue weighted by Gasteiger charge is -1.97. The molecule has 0 aromatic heterocycles. The highest BCUT2D eigenvalue weighted by Gasteiger charge is 2.21. The van der Waals surface area contributed by atoms with Crippen molar-refractivity contribution in [1.29, 1.82) is 0 Å². The zero-order chi connectivity index (χ0) is 9.26. The Hall–Kier alpha value is -1.38. The Balaban J connectivity index is 2.08. The van der Waals surface area contributed by atoms with Crippen molar-refractivity contribution in [3.63, 3.8) is 0 Å². The Kier molecular flexibility index (Phi) is 2.00. The lowest BCUT2D eigenvalue weighted by atomic mass is 10.1. The molecule has 3 heteroatoms. The molecule has 0 atom stereocenters. The summed E-state index contributed by atoms with van der Waals surface area (Å²) in [4.78, 5) is 9.99. The number of hydrogen-bond acceptors (Lipinski definition) is 2. The third kappa shape index (κ3) is 2.05. The Bertz CT molecular complexity index is 314. The Morgan fingerprint density at radius 2 is 1.92 bits per heavy atom. The summed E-state index contributed by atoms with van der Waals surface area (Å²) in [5.74, 6) is 0.835. The summed E-state index contributed by atoms with van der Waals surface area (Å²) in [5.41, 5.74) is 1.40. The quantitative estimate of drug-likeness (QED) is 0.526. The van der Waals surface area contributed by atoms with E-state index in [-0.39, 0.29) is 10.6 Å². The molecule has 3 nitrogen and oxygen atoms in total. The third-order valence-corrected chi connectivity index (χ3v) is 2.37. The van der Waals surface area contributed by atoms with Gasteiger partial charge in [-0.1, -0.05) is 12.1 Å². The summed E-state index contributed by atoms with van der Waals surface area (Å²) in [7, 11) is 0. The van der Waals surface area contributed by atoms with Gasteiger partial charge in [-0.05, 0) is 30.7 Å². The average Bonchev–Trinajstić information content (AvgIpc) is 2.89. The fourth-order valence-corrected chi connectivity index (χ4v) is 1.41. The topological polar surface area (TPSA) is 43.1 Å². The molecule has 0 unspecified atom stereocenters. The Labute approximate surface area is 76.5 Å². The second-order valence-corrected chi connectivity index (χ2v) is 3.57. The molecule has 0 saturated heterocycles. The summed E-state index contributed by atoms with van der Waals surface area (Å²) in [5, 5.41) is 10.4. The predicted molar refractivity (Wildman–Crippen MR) is 49.5 cm³/mol. The molecule has 0 N–H and O–H groups in total. The van der Waals surface area contributed by atoms with Crippen molar-refractivity contribution in [2.24, 2.45) is 5.92 Å². The highest BCUT2D eigenvalue weighted by atomic mass is 16.6. The van der Waals surface area contributed by atoms with Gasteiger partial charge in [0.05, 0.1) is 4.92 Å². The lowest BCUT2D eigenvalue weighted by molar-refractivity contribution is -0.384. The second kappa shape index (κ2) is 3.17. The van der Waals surface area contributed by atoms with Gasteiger partial charge in [-0.15, -0.1) is 0 Å². The van der Waals surface area contributed by atoms with Gasteiger partial charge < -0.3 is 0 Å². The minimum absolute atomic E-state index is 0.180. The zero-order valence-corrected chi connectivity index (χ0v) is 7.27. The molecule has 1 aromatic carbocycles. The minimum atomic E-state index is -0.360. The molecule has 13 heavy (non-hydrogen) atoms. The number of hydrogen-bond donors (Lipinski definition) is 0. The fraction of sp³-hybridized carbons (Fsp3) is 0.400. The van der Waals surface area contributed by atoms with Gasteiger partial charge in [0.1, 0.15) is 0 Å². The van der Waals surface area contributed by atoms with E-state index in [0.29, 0.717) is 0 Å². The molecule has 1 fully saturated rings. The van der Waals surface area contributed by atoms with Gasteiger partial charge in [-0.2, -0.15) is 0 Å². The van der Waals surface area contributed by atoms with Crippen LogP contribution in [0, 0.1) is 16.0 Å². The molecule has 0 heterocycles. The zero-order valence-electron chi connectivity index (χ0n) is 7.27. The number of non-ortho nitro benzene ring substituents is 1. The van der Waals surface area contributed by atoms with Crippen molar-refractivity contribution in [2.45, 2.75) is 19.3 Å². The van der Waals surface area contributed by atoms with Crippen molar-refractivity contribution < 1.29 is 4.92 Å². The van der Waals surface area contributed by atoms with Crippen LogP contribution in [0.5, 0.6) is 0 Å². The van der Waals surface area contributed by atoms with Crippen molar-refractivity contribution in [3.8, 4) is 0 Å². The number of nitrogens with zero attached hydrogens (tertiary/aromatic N) is 1. The Morgan fingerprint density at radius 1 is 1.31 bits per heavy atom. The minimum Gasteiger partial charge on any atom is -0.258 e. The van der Waals surface area contributed by atoms with Gasteiger partial charge in [-0.3, -0.25) is 10.1 Å². The van der Waals surface area contributed by atoms with Gasteiger partial charge in [0.2, 0.25) is 0 Å². The highest BCUT2D eigenvalue weighted by Crippen LogP contribution is 2.32. The second-order valence-electron chi connectivity index (χ2n) is 3.57. The van der Waals surface area contributed by atoms with Crippen LogP contribution in [-0.2, 0) is 6.42 Å². The smallest absolute Gasteiger partial charge is 0.258 e. The largest absolute Gasteiger partial charge is 0.269 e. The van der Waals surface area contributed by atoms with Gasteiger partial charge >= 0.3 is 0 Å². The maximum absolute atomic E-state index is 10.4. The maximum atomic E-state index is 10.4. The molecule has 0 amide bonds. The molecule has 0 bridgehead atoms. The van der Waals surface area contributed by atoms with Crippen LogP contribution in [0.4, 0.5) is 5.69 Å². The van der Waals surface area contributed by atoms with Crippen molar-refractivity contribution in [2.75, 3.05) is 0 Å². The lowest BCUT2D eigenvalue weighted by Crippen LogP contribution is -1.90. The van der Waals surface area contributed by atoms with E-state index in [4.69, 9.17) is 0 Å². The molecule has 1 aliphatic carbocycles. The molecule has 0 spiro atoms. The first-order chi connectivity index (χ1) is 6.25. The molecule has 0 aliphatic heterocycles. The van der Waals surface area contributed by atoms with E-state index in [2.05, 4.69) is 0 Å². The van der Waals surface area contributed by atoms with E-state index in [1.54, 1.807) is 12.1 Å². The van der Waals surface area contributed by atoms with Crippen LogP contribution in [0.15, 0.2) is 24.3 Å². The Morgan fingerprint density at radius 3 is 2.38 bits per heavy atom.